The topological polar surface area (TPSA) is 105 Å². The molecule has 1 saturated heterocycles. The van der Waals surface area contributed by atoms with E-state index in [2.05, 4.69) is 0 Å². The lowest BCUT2D eigenvalue weighted by molar-refractivity contribution is -0.120. The van der Waals surface area contributed by atoms with Crippen LogP contribution in [0.4, 0.5) is 5.69 Å². The van der Waals surface area contributed by atoms with Crippen molar-refractivity contribution >= 4 is 40.5 Å². The van der Waals surface area contributed by atoms with Gasteiger partial charge in [0.1, 0.15) is 11.8 Å². The molecule has 3 aromatic rings. The summed E-state index contributed by atoms with van der Waals surface area (Å²) in [5, 5.41) is 9.34. The zero-order valence-corrected chi connectivity index (χ0v) is 14.4. The molecule has 0 aliphatic carbocycles. The number of rotatable bonds is 3. The van der Waals surface area contributed by atoms with Gasteiger partial charge in [-0.1, -0.05) is 12.1 Å². The average Bonchev–Trinajstić information content (AvgIpc) is 2.97. The van der Waals surface area contributed by atoms with Gasteiger partial charge in [0.15, 0.2) is 5.43 Å². The van der Waals surface area contributed by atoms with Gasteiger partial charge in [0, 0.05) is 5.57 Å². The zero-order chi connectivity index (χ0) is 19.8. The summed E-state index contributed by atoms with van der Waals surface area (Å²) in [6, 6.07) is 12.2. The standard InChI is InChI=1S/C21H13NO6/c23-18-10-13(9-14-11-28-17-4-2-1-3-16(17)19(14)24)20(25)22(18)15-7-5-12(6-8-15)21(26)27/h1-9,11H,10H2,(H,26,27)/b13-9-. The third-order valence-corrected chi connectivity index (χ3v) is 4.48. The summed E-state index contributed by atoms with van der Waals surface area (Å²) in [7, 11) is 0. The number of nitrogens with zero attached hydrogens (tertiary/aromatic N) is 1. The summed E-state index contributed by atoms with van der Waals surface area (Å²) < 4.78 is 5.43. The molecule has 2 amide bonds. The van der Waals surface area contributed by atoms with Crippen molar-refractivity contribution in [3.8, 4) is 0 Å². The number of fused-ring (bicyclic) bond motifs is 1. The molecule has 1 N–H and O–H groups in total. The first-order valence-corrected chi connectivity index (χ1v) is 8.37. The fraction of sp³-hybridized carbons (Fsp3) is 0.0476. The van der Waals surface area contributed by atoms with Crippen LogP contribution in [0.3, 0.4) is 0 Å². The first-order chi connectivity index (χ1) is 13.5. The molecule has 2 heterocycles. The van der Waals surface area contributed by atoms with E-state index in [-0.39, 0.29) is 34.2 Å². The number of aromatic carboxylic acids is 1. The molecule has 1 fully saturated rings. The second kappa shape index (κ2) is 6.62. The molecular weight excluding hydrogens is 362 g/mol. The van der Waals surface area contributed by atoms with Crippen LogP contribution < -0.4 is 10.3 Å². The third-order valence-electron chi connectivity index (χ3n) is 4.48. The van der Waals surface area contributed by atoms with Crippen LogP contribution >= 0.6 is 0 Å². The monoisotopic (exact) mass is 375 g/mol. The number of hydrogen-bond acceptors (Lipinski definition) is 5. The molecule has 0 bridgehead atoms. The quantitative estimate of drug-likeness (QED) is 0.557. The number of amides is 2. The van der Waals surface area contributed by atoms with Crippen LogP contribution in [0.5, 0.6) is 0 Å². The Kier molecular flexibility index (Phi) is 4.12. The van der Waals surface area contributed by atoms with Gasteiger partial charge < -0.3 is 9.52 Å². The fourth-order valence-electron chi connectivity index (χ4n) is 3.08. The summed E-state index contributed by atoms with van der Waals surface area (Å²) in [6.07, 6.45) is 2.47. The van der Waals surface area contributed by atoms with E-state index >= 15 is 0 Å². The molecule has 28 heavy (non-hydrogen) atoms. The molecule has 0 unspecified atom stereocenters. The van der Waals surface area contributed by atoms with E-state index in [1.54, 1.807) is 24.3 Å². The van der Waals surface area contributed by atoms with E-state index in [0.717, 1.165) is 4.90 Å². The minimum atomic E-state index is -1.10. The SMILES string of the molecule is O=C(O)c1ccc(N2C(=O)C/C(=C/c3coc4ccccc4c3=O)C2=O)cc1. The maximum atomic E-state index is 12.7. The number of benzene rings is 2. The van der Waals surface area contributed by atoms with Crippen molar-refractivity contribution in [2.75, 3.05) is 4.90 Å². The van der Waals surface area contributed by atoms with Crippen molar-refractivity contribution < 1.29 is 23.9 Å². The Morgan fingerprint density at radius 1 is 1.04 bits per heavy atom. The summed E-state index contributed by atoms with van der Waals surface area (Å²) in [5.74, 6) is -2.11. The summed E-state index contributed by atoms with van der Waals surface area (Å²) >= 11 is 0. The molecule has 138 valence electrons. The normalized spacial score (nSPS) is 15.6. The highest BCUT2D eigenvalue weighted by Gasteiger charge is 2.35. The van der Waals surface area contributed by atoms with Crippen molar-refractivity contribution in [2.45, 2.75) is 6.42 Å². The number of para-hydroxylation sites is 1. The Labute approximate surface area is 158 Å². The predicted octanol–water partition coefficient (Wildman–Crippen LogP) is 2.84. The van der Waals surface area contributed by atoms with Gasteiger partial charge in [-0.05, 0) is 42.5 Å². The highest BCUT2D eigenvalue weighted by molar-refractivity contribution is 6.29. The van der Waals surface area contributed by atoms with Gasteiger partial charge in [0.25, 0.3) is 5.91 Å². The minimum absolute atomic E-state index is 0.0485. The fourth-order valence-corrected chi connectivity index (χ4v) is 3.08. The molecule has 1 aliphatic heterocycles. The van der Waals surface area contributed by atoms with Crippen molar-refractivity contribution in [2.24, 2.45) is 0 Å². The number of anilines is 1. The summed E-state index contributed by atoms with van der Waals surface area (Å²) in [4.78, 5) is 49.6. The van der Waals surface area contributed by atoms with Crippen molar-refractivity contribution in [1.82, 2.24) is 0 Å². The third kappa shape index (κ3) is 2.88. The van der Waals surface area contributed by atoms with Gasteiger partial charge in [-0.2, -0.15) is 0 Å². The van der Waals surface area contributed by atoms with Crippen LogP contribution in [0.15, 0.2) is 69.6 Å². The molecule has 0 radical (unpaired) electrons. The summed E-state index contributed by atoms with van der Waals surface area (Å²) in [6.45, 7) is 0. The molecule has 0 atom stereocenters. The first kappa shape index (κ1) is 17.4. The lowest BCUT2D eigenvalue weighted by Gasteiger charge is -2.13. The number of imide groups is 1. The Balaban J connectivity index is 1.70. The number of carbonyl (C=O) groups excluding carboxylic acids is 2. The Morgan fingerprint density at radius 3 is 2.46 bits per heavy atom. The molecule has 2 aromatic carbocycles. The molecule has 1 aliphatic rings. The van der Waals surface area contributed by atoms with Gasteiger partial charge in [-0.15, -0.1) is 0 Å². The van der Waals surface area contributed by atoms with E-state index in [9.17, 15) is 19.2 Å². The van der Waals surface area contributed by atoms with E-state index in [1.165, 1.54) is 36.6 Å². The Hall–Kier alpha value is -4.00. The minimum Gasteiger partial charge on any atom is -0.478 e. The van der Waals surface area contributed by atoms with Gasteiger partial charge in [0.2, 0.25) is 5.91 Å². The van der Waals surface area contributed by atoms with Crippen molar-refractivity contribution in [3.05, 3.63) is 81.7 Å². The van der Waals surface area contributed by atoms with Crippen LogP contribution in [0.2, 0.25) is 0 Å². The largest absolute Gasteiger partial charge is 0.478 e. The predicted molar refractivity (Wildman–Crippen MR) is 101 cm³/mol. The highest BCUT2D eigenvalue weighted by Crippen LogP contribution is 2.27. The van der Waals surface area contributed by atoms with E-state index in [4.69, 9.17) is 9.52 Å². The zero-order valence-electron chi connectivity index (χ0n) is 14.4. The van der Waals surface area contributed by atoms with Gasteiger partial charge in [-0.3, -0.25) is 14.4 Å². The van der Waals surface area contributed by atoms with Crippen LogP contribution in [0.25, 0.3) is 17.0 Å². The second-order valence-electron chi connectivity index (χ2n) is 6.25. The number of carboxylic acid groups (broad SMARTS) is 1. The average molecular weight is 375 g/mol. The van der Waals surface area contributed by atoms with Gasteiger partial charge in [-0.25, -0.2) is 9.69 Å². The first-order valence-electron chi connectivity index (χ1n) is 8.37. The molecule has 0 saturated carbocycles. The van der Waals surface area contributed by atoms with Crippen LogP contribution in [-0.2, 0) is 9.59 Å². The number of carbonyl (C=O) groups is 3. The van der Waals surface area contributed by atoms with Crippen molar-refractivity contribution in [1.29, 1.82) is 0 Å². The van der Waals surface area contributed by atoms with Gasteiger partial charge >= 0.3 is 5.97 Å². The molecular formula is C21H13NO6. The van der Waals surface area contributed by atoms with Crippen molar-refractivity contribution in [3.63, 3.8) is 0 Å². The van der Waals surface area contributed by atoms with Crippen LogP contribution in [0.1, 0.15) is 22.3 Å². The summed E-state index contributed by atoms with van der Waals surface area (Å²) in [5.41, 5.74) is 0.802. The maximum Gasteiger partial charge on any atom is 0.335 e. The lowest BCUT2D eigenvalue weighted by Crippen LogP contribution is -2.28. The molecule has 7 nitrogen and oxygen atoms in total. The van der Waals surface area contributed by atoms with Crippen LogP contribution in [0, 0.1) is 0 Å². The second-order valence-corrected chi connectivity index (χ2v) is 6.25. The molecule has 0 spiro atoms. The van der Waals surface area contributed by atoms with E-state index in [0.29, 0.717) is 11.0 Å². The molecule has 1 aromatic heterocycles. The van der Waals surface area contributed by atoms with E-state index in [1.807, 2.05) is 0 Å². The Morgan fingerprint density at radius 2 is 1.75 bits per heavy atom. The van der Waals surface area contributed by atoms with E-state index < -0.39 is 17.8 Å². The molecule has 4 rings (SSSR count). The molecule has 7 heteroatoms. The van der Waals surface area contributed by atoms with Crippen LogP contribution in [-0.4, -0.2) is 22.9 Å². The number of hydrogen-bond donors (Lipinski definition) is 1. The van der Waals surface area contributed by atoms with Gasteiger partial charge in [0.05, 0.1) is 28.6 Å². The Bertz CT molecular complexity index is 1220. The maximum absolute atomic E-state index is 12.7. The highest BCUT2D eigenvalue weighted by atomic mass is 16.4. The smallest absolute Gasteiger partial charge is 0.335 e. The number of carboxylic acids is 1. The lowest BCUT2D eigenvalue weighted by atomic mass is 10.1.